The summed E-state index contributed by atoms with van der Waals surface area (Å²) in [5.41, 5.74) is 2.80. The molecule has 1 unspecified atom stereocenters. The molecule has 1 atom stereocenters. The SMILES string of the molecule is Cc1cccc(-n2nc(-c3ccccc3)nc2C(C)NS(C)(=O)=O)c1. The Hall–Kier alpha value is -2.51. The molecule has 2 aromatic carbocycles. The Morgan fingerprint density at radius 3 is 2.44 bits per heavy atom. The molecule has 3 rings (SSSR count). The fourth-order valence-electron chi connectivity index (χ4n) is 2.64. The van der Waals surface area contributed by atoms with Gasteiger partial charge in [-0.1, -0.05) is 42.5 Å². The van der Waals surface area contributed by atoms with Gasteiger partial charge in [0, 0.05) is 5.56 Å². The molecule has 0 spiro atoms. The molecule has 25 heavy (non-hydrogen) atoms. The van der Waals surface area contributed by atoms with Crippen molar-refractivity contribution in [3.8, 4) is 17.1 Å². The van der Waals surface area contributed by atoms with Crippen molar-refractivity contribution in [2.75, 3.05) is 6.26 Å². The third kappa shape index (κ3) is 4.12. The average molecular weight is 356 g/mol. The van der Waals surface area contributed by atoms with Crippen LogP contribution in [0, 0.1) is 6.92 Å². The number of sulfonamides is 1. The number of nitrogens with one attached hydrogen (secondary N) is 1. The molecular formula is C18H20N4O2S. The summed E-state index contributed by atoms with van der Waals surface area (Å²) < 4.78 is 27.5. The Kier molecular flexibility index (Phi) is 4.69. The maximum absolute atomic E-state index is 11.6. The summed E-state index contributed by atoms with van der Waals surface area (Å²) in [6.45, 7) is 3.75. The van der Waals surface area contributed by atoms with Crippen LogP contribution in [-0.2, 0) is 10.0 Å². The number of aromatic nitrogens is 3. The molecule has 0 fully saturated rings. The van der Waals surface area contributed by atoms with Gasteiger partial charge in [-0.05, 0) is 31.5 Å². The van der Waals surface area contributed by atoms with E-state index in [0.717, 1.165) is 23.1 Å². The monoisotopic (exact) mass is 356 g/mol. The highest BCUT2D eigenvalue weighted by molar-refractivity contribution is 7.88. The van der Waals surface area contributed by atoms with Gasteiger partial charge in [0.15, 0.2) is 11.6 Å². The zero-order valence-electron chi connectivity index (χ0n) is 14.3. The topological polar surface area (TPSA) is 76.9 Å². The number of hydrogen-bond donors (Lipinski definition) is 1. The number of rotatable bonds is 5. The van der Waals surface area contributed by atoms with Gasteiger partial charge in [-0.15, -0.1) is 5.10 Å². The van der Waals surface area contributed by atoms with Crippen molar-refractivity contribution >= 4 is 10.0 Å². The van der Waals surface area contributed by atoms with E-state index in [1.165, 1.54) is 0 Å². The van der Waals surface area contributed by atoms with Crippen LogP contribution in [0.3, 0.4) is 0 Å². The molecule has 0 bridgehead atoms. The largest absolute Gasteiger partial charge is 0.216 e. The smallest absolute Gasteiger partial charge is 0.209 e. The highest BCUT2D eigenvalue weighted by Crippen LogP contribution is 2.22. The molecule has 1 heterocycles. The van der Waals surface area contributed by atoms with Crippen LogP contribution in [0.5, 0.6) is 0 Å². The molecule has 0 aliphatic heterocycles. The van der Waals surface area contributed by atoms with Crippen LogP contribution in [0.15, 0.2) is 54.6 Å². The molecule has 3 aromatic rings. The fraction of sp³-hybridized carbons (Fsp3) is 0.222. The lowest BCUT2D eigenvalue weighted by atomic mass is 10.2. The third-order valence-corrected chi connectivity index (χ3v) is 4.47. The molecule has 0 aliphatic rings. The lowest BCUT2D eigenvalue weighted by Gasteiger charge is -2.13. The van der Waals surface area contributed by atoms with Crippen molar-refractivity contribution in [1.82, 2.24) is 19.5 Å². The number of hydrogen-bond acceptors (Lipinski definition) is 4. The van der Waals surface area contributed by atoms with Gasteiger partial charge in [0.1, 0.15) is 0 Å². The summed E-state index contributed by atoms with van der Waals surface area (Å²) in [4.78, 5) is 4.60. The molecule has 0 amide bonds. The van der Waals surface area contributed by atoms with E-state index in [-0.39, 0.29) is 0 Å². The van der Waals surface area contributed by atoms with E-state index in [9.17, 15) is 8.42 Å². The minimum Gasteiger partial charge on any atom is -0.216 e. The summed E-state index contributed by atoms with van der Waals surface area (Å²) in [6.07, 6.45) is 1.13. The van der Waals surface area contributed by atoms with Crippen LogP contribution < -0.4 is 4.72 Å². The summed E-state index contributed by atoms with van der Waals surface area (Å²) in [6, 6.07) is 16.9. The van der Waals surface area contributed by atoms with Crippen LogP contribution in [0.2, 0.25) is 0 Å². The van der Waals surface area contributed by atoms with Gasteiger partial charge in [-0.25, -0.2) is 22.8 Å². The van der Waals surface area contributed by atoms with Crippen molar-refractivity contribution < 1.29 is 8.42 Å². The molecule has 0 aliphatic carbocycles. The summed E-state index contributed by atoms with van der Waals surface area (Å²) in [7, 11) is -3.37. The maximum Gasteiger partial charge on any atom is 0.209 e. The van der Waals surface area contributed by atoms with E-state index in [2.05, 4.69) is 14.8 Å². The quantitative estimate of drug-likeness (QED) is 0.763. The Bertz CT molecular complexity index is 981. The van der Waals surface area contributed by atoms with Gasteiger partial charge >= 0.3 is 0 Å². The van der Waals surface area contributed by atoms with Gasteiger partial charge in [-0.2, -0.15) is 0 Å². The molecule has 7 heteroatoms. The molecule has 0 saturated heterocycles. The molecule has 1 N–H and O–H groups in total. The summed E-state index contributed by atoms with van der Waals surface area (Å²) in [5.74, 6) is 1.09. The molecule has 0 saturated carbocycles. The molecule has 6 nitrogen and oxygen atoms in total. The third-order valence-electron chi connectivity index (χ3n) is 3.69. The van der Waals surface area contributed by atoms with Crippen molar-refractivity contribution in [3.63, 3.8) is 0 Å². The van der Waals surface area contributed by atoms with Gasteiger partial charge in [0.05, 0.1) is 18.0 Å². The Morgan fingerprint density at radius 1 is 1.08 bits per heavy atom. The van der Waals surface area contributed by atoms with E-state index in [1.807, 2.05) is 61.5 Å². The molecule has 1 aromatic heterocycles. The predicted molar refractivity (Wildman–Crippen MR) is 97.9 cm³/mol. The first-order valence-electron chi connectivity index (χ1n) is 7.90. The zero-order chi connectivity index (χ0) is 18.0. The van der Waals surface area contributed by atoms with Crippen molar-refractivity contribution in [2.45, 2.75) is 19.9 Å². The summed E-state index contributed by atoms with van der Waals surface area (Å²) >= 11 is 0. The minimum absolute atomic E-state index is 0.513. The minimum atomic E-state index is -3.37. The standard InChI is InChI=1S/C18H20N4O2S/c1-13-8-7-11-16(12-13)22-18(14(2)21-25(3,23)24)19-17(20-22)15-9-5-4-6-10-15/h4-12,14,21H,1-3H3. The Labute approximate surface area is 147 Å². The van der Waals surface area contributed by atoms with Gasteiger partial charge in [0.25, 0.3) is 0 Å². The second-order valence-corrected chi connectivity index (χ2v) is 7.80. The number of aryl methyl sites for hydroxylation is 1. The van der Waals surface area contributed by atoms with E-state index >= 15 is 0 Å². The first-order chi connectivity index (χ1) is 11.8. The Balaban J connectivity index is 2.12. The lowest BCUT2D eigenvalue weighted by Crippen LogP contribution is -2.27. The lowest BCUT2D eigenvalue weighted by molar-refractivity contribution is 0.560. The highest BCUT2D eigenvalue weighted by atomic mass is 32.2. The summed E-state index contributed by atoms with van der Waals surface area (Å²) in [5, 5.41) is 4.61. The van der Waals surface area contributed by atoms with Gasteiger partial charge < -0.3 is 0 Å². The first-order valence-corrected chi connectivity index (χ1v) is 9.79. The van der Waals surface area contributed by atoms with Crippen LogP contribution in [0.25, 0.3) is 17.1 Å². The first kappa shape index (κ1) is 17.3. The second kappa shape index (κ2) is 6.78. The van der Waals surface area contributed by atoms with Crippen LogP contribution >= 0.6 is 0 Å². The van der Waals surface area contributed by atoms with Crippen molar-refractivity contribution in [1.29, 1.82) is 0 Å². The van der Waals surface area contributed by atoms with Gasteiger partial charge in [-0.3, -0.25) is 0 Å². The van der Waals surface area contributed by atoms with Crippen LogP contribution in [0.1, 0.15) is 24.4 Å². The fourth-order valence-corrected chi connectivity index (χ4v) is 3.39. The maximum atomic E-state index is 11.6. The second-order valence-electron chi connectivity index (χ2n) is 6.02. The van der Waals surface area contributed by atoms with Crippen molar-refractivity contribution in [2.24, 2.45) is 0 Å². The Morgan fingerprint density at radius 2 is 1.80 bits per heavy atom. The van der Waals surface area contributed by atoms with E-state index < -0.39 is 16.1 Å². The molecule has 130 valence electrons. The van der Waals surface area contributed by atoms with Crippen molar-refractivity contribution in [3.05, 3.63) is 66.0 Å². The molecule has 0 radical (unpaired) electrons. The molecular weight excluding hydrogens is 336 g/mol. The van der Waals surface area contributed by atoms with Crippen LogP contribution in [-0.4, -0.2) is 29.4 Å². The van der Waals surface area contributed by atoms with Crippen LogP contribution in [0.4, 0.5) is 0 Å². The van der Waals surface area contributed by atoms with E-state index in [1.54, 1.807) is 11.6 Å². The number of benzene rings is 2. The number of nitrogens with zero attached hydrogens (tertiary/aromatic N) is 3. The zero-order valence-corrected chi connectivity index (χ0v) is 15.2. The average Bonchev–Trinajstić information content (AvgIpc) is 3.00. The van der Waals surface area contributed by atoms with Gasteiger partial charge in [0.2, 0.25) is 10.0 Å². The highest BCUT2D eigenvalue weighted by Gasteiger charge is 2.21. The van der Waals surface area contributed by atoms with E-state index in [4.69, 9.17) is 0 Å². The van der Waals surface area contributed by atoms with E-state index in [0.29, 0.717) is 11.6 Å². The predicted octanol–water partition coefficient (Wildman–Crippen LogP) is 2.85. The normalized spacial score (nSPS) is 12.9.